The maximum absolute atomic E-state index is 10.4. The van der Waals surface area contributed by atoms with Gasteiger partial charge in [0, 0.05) is 5.56 Å². The van der Waals surface area contributed by atoms with E-state index in [9.17, 15) is 9.90 Å². The summed E-state index contributed by atoms with van der Waals surface area (Å²) in [6, 6.07) is 4.66. The van der Waals surface area contributed by atoms with Crippen molar-refractivity contribution in [3.05, 3.63) is 23.8 Å². The molecule has 0 aliphatic heterocycles. The first-order valence-corrected chi connectivity index (χ1v) is 4.99. The number of carboxylic acids is 1. The maximum Gasteiger partial charge on any atom is 0.341 e. The van der Waals surface area contributed by atoms with Gasteiger partial charge in [0.2, 0.25) is 0 Å². The molecule has 0 aliphatic carbocycles. The van der Waals surface area contributed by atoms with Crippen LogP contribution in [0.1, 0.15) is 26.3 Å². The summed E-state index contributed by atoms with van der Waals surface area (Å²) < 4.78 is 5.17. The van der Waals surface area contributed by atoms with Crippen LogP contribution in [-0.2, 0) is 10.2 Å². The Morgan fingerprint density at radius 1 is 1.38 bits per heavy atom. The van der Waals surface area contributed by atoms with Gasteiger partial charge in [-0.2, -0.15) is 0 Å². The van der Waals surface area contributed by atoms with E-state index in [1.165, 1.54) is 6.07 Å². The zero-order chi connectivity index (χ0) is 12.3. The second kappa shape index (κ2) is 4.43. The fourth-order valence-electron chi connectivity index (χ4n) is 1.37. The highest BCUT2D eigenvalue weighted by atomic mass is 16.5. The van der Waals surface area contributed by atoms with Gasteiger partial charge in [0.1, 0.15) is 11.5 Å². The first-order chi connectivity index (χ1) is 7.30. The van der Waals surface area contributed by atoms with Crippen LogP contribution in [0.4, 0.5) is 0 Å². The Kier molecular flexibility index (Phi) is 3.42. The molecule has 0 amide bonds. The molecule has 0 unspecified atom stereocenters. The van der Waals surface area contributed by atoms with Crippen molar-refractivity contribution in [1.29, 1.82) is 0 Å². The predicted octanol–water partition coefficient (Wildman–Crippen LogP) is 2.15. The highest BCUT2D eigenvalue weighted by Gasteiger charge is 2.20. The highest BCUT2D eigenvalue weighted by Crippen LogP contribution is 2.33. The van der Waals surface area contributed by atoms with Crippen LogP contribution in [0.25, 0.3) is 0 Å². The Morgan fingerprint density at radius 3 is 2.50 bits per heavy atom. The Labute approximate surface area is 94.5 Å². The smallest absolute Gasteiger partial charge is 0.341 e. The van der Waals surface area contributed by atoms with Crippen molar-refractivity contribution >= 4 is 5.97 Å². The van der Waals surface area contributed by atoms with E-state index in [1.54, 1.807) is 12.1 Å². The van der Waals surface area contributed by atoms with E-state index in [2.05, 4.69) is 0 Å². The van der Waals surface area contributed by atoms with Crippen LogP contribution in [-0.4, -0.2) is 22.8 Å². The predicted molar refractivity (Wildman–Crippen MR) is 59.9 cm³/mol. The van der Waals surface area contributed by atoms with Crippen molar-refractivity contribution in [2.75, 3.05) is 6.61 Å². The summed E-state index contributed by atoms with van der Waals surface area (Å²) in [6.45, 7) is 5.52. The van der Waals surface area contributed by atoms with E-state index in [-0.39, 0.29) is 17.8 Å². The molecule has 2 N–H and O–H groups in total. The van der Waals surface area contributed by atoms with Gasteiger partial charge in [0.15, 0.2) is 6.61 Å². The molecule has 0 radical (unpaired) electrons. The van der Waals surface area contributed by atoms with Gasteiger partial charge in [-0.25, -0.2) is 4.79 Å². The fraction of sp³-hybridized carbons (Fsp3) is 0.417. The Bertz CT molecular complexity index is 390. The van der Waals surface area contributed by atoms with Crippen molar-refractivity contribution in [2.24, 2.45) is 0 Å². The van der Waals surface area contributed by atoms with E-state index in [1.807, 2.05) is 20.8 Å². The number of carbonyl (C=O) groups is 1. The third kappa shape index (κ3) is 3.15. The number of benzene rings is 1. The van der Waals surface area contributed by atoms with Crippen molar-refractivity contribution in [1.82, 2.24) is 0 Å². The first kappa shape index (κ1) is 12.4. The van der Waals surface area contributed by atoms with E-state index < -0.39 is 5.97 Å². The fourth-order valence-corrected chi connectivity index (χ4v) is 1.37. The van der Waals surface area contributed by atoms with Gasteiger partial charge >= 0.3 is 5.97 Å². The normalized spacial score (nSPS) is 11.2. The van der Waals surface area contributed by atoms with Gasteiger partial charge in [-0.15, -0.1) is 0 Å². The maximum atomic E-state index is 10.4. The lowest BCUT2D eigenvalue weighted by Gasteiger charge is -2.22. The van der Waals surface area contributed by atoms with Gasteiger partial charge in [0.05, 0.1) is 0 Å². The lowest BCUT2D eigenvalue weighted by molar-refractivity contribution is -0.139. The summed E-state index contributed by atoms with van der Waals surface area (Å²) in [5.74, 6) is -0.381. The highest BCUT2D eigenvalue weighted by molar-refractivity contribution is 5.68. The van der Waals surface area contributed by atoms with Crippen LogP contribution in [0.15, 0.2) is 18.2 Å². The Balaban J connectivity index is 3.03. The number of ether oxygens (including phenoxy) is 1. The van der Waals surface area contributed by atoms with Crippen molar-refractivity contribution < 1.29 is 19.7 Å². The molecule has 0 atom stereocenters. The molecular formula is C12H16O4. The van der Waals surface area contributed by atoms with Crippen molar-refractivity contribution in [2.45, 2.75) is 26.2 Å². The molecule has 1 aromatic carbocycles. The van der Waals surface area contributed by atoms with Crippen LogP contribution in [0, 0.1) is 0 Å². The van der Waals surface area contributed by atoms with E-state index >= 15 is 0 Å². The van der Waals surface area contributed by atoms with E-state index in [0.717, 1.165) is 5.56 Å². The monoisotopic (exact) mass is 224 g/mol. The molecule has 0 heterocycles. The first-order valence-electron chi connectivity index (χ1n) is 4.99. The summed E-state index contributed by atoms with van der Waals surface area (Å²) >= 11 is 0. The topological polar surface area (TPSA) is 66.8 Å². The standard InChI is InChI=1S/C12H16O4/c1-12(2,3)9-6-8(13)4-5-10(9)16-7-11(14)15/h4-6,13H,7H2,1-3H3,(H,14,15). The number of hydrogen-bond acceptors (Lipinski definition) is 3. The van der Waals surface area contributed by atoms with Crippen LogP contribution in [0.5, 0.6) is 11.5 Å². The van der Waals surface area contributed by atoms with Gasteiger partial charge < -0.3 is 14.9 Å². The number of hydrogen-bond donors (Lipinski definition) is 2. The van der Waals surface area contributed by atoms with Crippen LogP contribution < -0.4 is 4.74 Å². The Morgan fingerprint density at radius 2 is 2.00 bits per heavy atom. The minimum atomic E-state index is -1.02. The SMILES string of the molecule is CC(C)(C)c1cc(O)ccc1OCC(=O)O. The average Bonchev–Trinajstić information content (AvgIpc) is 2.14. The number of aromatic hydroxyl groups is 1. The zero-order valence-corrected chi connectivity index (χ0v) is 9.65. The van der Waals surface area contributed by atoms with E-state index in [0.29, 0.717) is 5.75 Å². The summed E-state index contributed by atoms with van der Waals surface area (Å²) in [5.41, 5.74) is 0.570. The molecule has 0 saturated heterocycles. The lowest BCUT2D eigenvalue weighted by atomic mass is 9.86. The zero-order valence-electron chi connectivity index (χ0n) is 9.65. The molecule has 0 fully saturated rings. The number of carboxylic acid groups (broad SMARTS) is 1. The van der Waals surface area contributed by atoms with Gasteiger partial charge in [-0.1, -0.05) is 20.8 Å². The molecule has 1 aromatic rings. The molecule has 4 nitrogen and oxygen atoms in total. The van der Waals surface area contributed by atoms with E-state index in [4.69, 9.17) is 9.84 Å². The van der Waals surface area contributed by atoms with Gasteiger partial charge in [-0.3, -0.25) is 0 Å². The third-order valence-electron chi connectivity index (χ3n) is 2.12. The molecule has 0 aliphatic rings. The Hall–Kier alpha value is -1.71. The summed E-state index contributed by atoms with van der Waals surface area (Å²) in [7, 11) is 0. The summed E-state index contributed by atoms with van der Waals surface area (Å²) in [4.78, 5) is 10.4. The largest absolute Gasteiger partial charge is 0.508 e. The lowest BCUT2D eigenvalue weighted by Crippen LogP contribution is -2.16. The molecule has 0 spiro atoms. The second-order valence-corrected chi connectivity index (χ2v) is 4.61. The molecular weight excluding hydrogens is 208 g/mol. The van der Waals surface area contributed by atoms with Crippen molar-refractivity contribution in [3.8, 4) is 11.5 Å². The molecule has 16 heavy (non-hydrogen) atoms. The molecule has 0 aromatic heterocycles. The minimum absolute atomic E-state index is 0.146. The van der Waals surface area contributed by atoms with Crippen molar-refractivity contribution in [3.63, 3.8) is 0 Å². The van der Waals surface area contributed by atoms with Crippen LogP contribution in [0.2, 0.25) is 0 Å². The molecule has 0 saturated carbocycles. The number of aliphatic carboxylic acids is 1. The quantitative estimate of drug-likeness (QED) is 0.825. The molecule has 0 bridgehead atoms. The molecule has 88 valence electrons. The average molecular weight is 224 g/mol. The number of phenolic OH excluding ortho intramolecular Hbond substituents is 1. The second-order valence-electron chi connectivity index (χ2n) is 4.61. The summed E-state index contributed by atoms with van der Waals surface area (Å²) in [6.07, 6.45) is 0. The molecule has 4 heteroatoms. The summed E-state index contributed by atoms with van der Waals surface area (Å²) in [5, 5.41) is 18.0. The number of phenols is 1. The number of rotatable bonds is 3. The van der Waals surface area contributed by atoms with Gasteiger partial charge in [0.25, 0.3) is 0 Å². The molecule has 1 rings (SSSR count). The third-order valence-corrected chi connectivity index (χ3v) is 2.12. The minimum Gasteiger partial charge on any atom is -0.508 e. The van der Waals surface area contributed by atoms with Crippen LogP contribution >= 0.6 is 0 Å². The van der Waals surface area contributed by atoms with Gasteiger partial charge in [-0.05, 0) is 23.6 Å². The van der Waals surface area contributed by atoms with Crippen LogP contribution in [0.3, 0.4) is 0 Å².